The SMILES string of the molecule is Cn1c(=O)n2n(c1=O)[C@@H]1[C@H]3[C@H]4[C@@H]5[C@H]3[C@]13CS(=O)(=O)C[C@@]53[C@@H]42. The van der Waals surface area contributed by atoms with Gasteiger partial charge in [-0.2, -0.15) is 0 Å². The van der Waals surface area contributed by atoms with Crippen LogP contribution in [0.4, 0.5) is 0 Å². The molecule has 7 nitrogen and oxygen atoms in total. The minimum atomic E-state index is -3.04. The first-order valence-electron chi connectivity index (χ1n) is 7.49. The summed E-state index contributed by atoms with van der Waals surface area (Å²) in [7, 11) is -1.52. The van der Waals surface area contributed by atoms with Crippen LogP contribution in [0.5, 0.6) is 0 Å². The monoisotopic (exact) mass is 307 g/mol. The molecule has 110 valence electrons. The number of sulfone groups is 1. The molecule has 4 heterocycles. The number of aromatic nitrogens is 3. The fourth-order valence-electron chi connectivity index (χ4n) is 8.13. The van der Waals surface area contributed by atoms with Crippen molar-refractivity contribution in [2.45, 2.75) is 12.1 Å². The molecule has 5 fully saturated rings. The van der Waals surface area contributed by atoms with Crippen molar-refractivity contribution in [3.63, 3.8) is 0 Å². The van der Waals surface area contributed by atoms with Gasteiger partial charge >= 0.3 is 11.4 Å². The van der Waals surface area contributed by atoms with Crippen LogP contribution in [0.1, 0.15) is 12.1 Å². The van der Waals surface area contributed by atoms with Gasteiger partial charge in [-0.15, -0.1) is 0 Å². The fraction of sp³-hybridized carbons (Fsp3) is 0.846. The van der Waals surface area contributed by atoms with Crippen LogP contribution in [0.15, 0.2) is 9.59 Å². The minimum absolute atomic E-state index is 0.0406. The van der Waals surface area contributed by atoms with E-state index in [1.807, 2.05) is 0 Å². The van der Waals surface area contributed by atoms with E-state index in [0.29, 0.717) is 23.7 Å². The topological polar surface area (TPSA) is 83.1 Å². The molecule has 1 aromatic heterocycles. The molecule has 8 atom stereocenters. The largest absolute Gasteiger partial charge is 0.347 e. The second kappa shape index (κ2) is 2.19. The minimum Gasteiger partial charge on any atom is -0.246 e. The summed E-state index contributed by atoms with van der Waals surface area (Å²) in [6.45, 7) is 0. The third-order valence-electron chi connectivity index (χ3n) is 8.14. The molecule has 21 heavy (non-hydrogen) atoms. The highest BCUT2D eigenvalue weighted by Gasteiger charge is 3.05. The van der Waals surface area contributed by atoms with Crippen molar-refractivity contribution in [2.75, 3.05) is 11.5 Å². The Balaban J connectivity index is 1.66. The van der Waals surface area contributed by atoms with Gasteiger partial charge in [0, 0.05) is 17.9 Å². The van der Waals surface area contributed by atoms with Crippen LogP contribution in [0.25, 0.3) is 0 Å². The van der Waals surface area contributed by atoms with Gasteiger partial charge in [-0.1, -0.05) is 0 Å². The van der Waals surface area contributed by atoms with Crippen LogP contribution in [0.2, 0.25) is 0 Å². The maximum absolute atomic E-state index is 12.4. The lowest BCUT2D eigenvalue weighted by molar-refractivity contribution is -0.533. The van der Waals surface area contributed by atoms with E-state index in [0.717, 1.165) is 0 Å². The van der Waals surface area contributed by atoms with Gasteiger partial charge in [-0.25, -0.2) is 31.9 Å². The molecule has 2 spiro atoms. The molecule has 7 aliphatic rings. The number of nitrogens with zero attached hydrogens (tertiary/aromatic N) is 3. The first kappa shape index (κ1) is 10.4. The molecule has 0 unspecified atom stereocenters. The molecule has 1 saturated heterocycles. The normalized spacial score (nSPS) is 60.8. The van der Waals surface area contributed by atoms with Crippen molar-refractivity contribution in [3.05, 3.63) is 21.0 Å². The third kappa shape index (κ3) is 0.569. The van der Waals surface area contributed by atoms with Gasteiger partial charge in [-0.05, 0) is 23.7 Å². The van der Waals surface area contributed by atoms with Gasteiger partial charge in [0.1, 0.15) is 0 Å². The van der Waals surface area contributed by atoms with Crippen molar-refractivity contribution in [1.29, 1.82) is 0 Å². The summed E-state index contributed by atoms with van der Waals surface area (Å²) in [6.07, 6.45) is 0. The molecular formula is C13H13N3O4S. The summed E-state index contributed by atoms with van der Waals surface area (Å²) in [5, 5.41) is 0. The Hall–Kier alpha value is -1.31. The van der Waals surface area contributed by atoms with E-state index in [9.17, 15) is 18.0 Å². The smallest absolute Gasteiger partial charge is 0.246 e. The lowest BCUT2D eigenvalue weighted by atomic mass is 9.06. The van der Waals surface area contributed by atoms with Gasteiger partial charge in [0.05, 0.1) is 23.6 Å². The maximum atomic E-state index is 12.4. The molecule has 0 amide bonds. The predicted octanol–water partition coefficient (Wildman–Crippen LogP) is -1.64. The van der Waals surface area contributed by atoms with E-state index < -0.39 is 9.84 Å². The second-order valence-corrected chi connectivity index (χ2v) is 10.1. The van der Waals surface area contributed by atoms with E-state index in [-0.39, 0.29) is 45.8 Å². The van der Waals surface area contributed by atoms with Gasteiger partial charge in [0.2, 0.25) is 0 Å². The van der Waals surface area contributed by atoms with Gasteiger partial charge in [0.15, 0.2) is 9.84 Å². The molecule has 8 rings (SSSR count). The Morgan fingerprint density at radius 3 is 1.81 bits per heavy atom. The van der Waals surface area contributed by atoms with Crippen molar-refractivity contribution < 1.29 is 8.42 Å². The van der Waals surface area contributed by atoms with Crippen LogP contribution in [-0.4, -0.2) is 33.9 Å². The number of rotatable bonds is 0. The first-order chi connectivity index (χ1) is 9.88. The van der Waals surface area contributed by atoms with E-state index >= 15 is 0 Å². The van der Waals surface area contributed by atoms with Crippen LogP contribution < -0.4 is 11.4 Å². The van der Waals surface area contributed by atoms with Crippen LogP contribution >= 0.6 is 0 Å². The molecule has 4 aliphatic carbocycles. The highest BCUT2D eigenvalue weighted by atomic mass is 32.2. The van der Waals surface area contributed by atoms with Gasteiger partial charge in [0.25, 0.3) is 0 Å². The van der Waals surface area contributed by atoms with Gasteiger partial charge in [-0.3, -0.25) is 0 Å². The molecule has 3 aliphatic heterocycles. The molecule has 0 N–H and O–H groups in total. The Bertz CT molecular complexity index is 957. The molecular weight excluding hydrogens is 294 g/mol. The number of hydrogen-bond acceptors (Lipinski definition) is 4. The van der Waals surface area contributed by atoms with Crippen molar-refractivity contribution in [2.24, 2.45) is 41.5 Å². The van der Waals surface area contributed by atoms with Gasteiger partial charge < -0.3 is 0 Å². The Kier molecular flexibility index (Phi) is 1.09. The molecule has 8 heteroatoms. The summed E-state index contributed by atoms with van der Waals surface area (Å²) in [5.41, 5.74) is -0.958. The lowest BCUT2D eigenvalue weighted by Crippen LogP contribution is -3.00. The average Bonchev–Trinajstić information content (AvgIpc) is 2.76. The zero-order valence-electron chi connectivity index (χ0n) is 11.3. The number of hydrogen-bond donors (Lipinski definition) is 0. The highest BCUT2D eigenvalue weighted by Crippen LogP contribution is 3.03. The molecule has 4 saturated carbocycles. The van der Waals surface area contributed by atoms with Crippen LogP contribution in [0.3, 0.4) is 0 Å². The van der Waals surface area contributed by atoms with E-state index in [2.05, 4.69) is 0 Å². The quantitative estimate of drug-likeness (QED) is 0.576. The highest BCUT2D eigenvalue weighted by molar-refractivity contribution is 7.91. The maximum Gasteiger partial charge on any atom is 0.347 e. The second-order valence-electron chi connectivity index (χ2n) is 8.02. The third-order valence-corrected chi connectivity index (χ3v) is 9.98. The summed E-state index contributed by atoms with van der Waals surface area (Å²) in [5.74, 6) is 2.40. The zero-order valence-corrected chi connectivity index (χ0v) is 12.1. The Morgan fingerprint density at radius 1 is 0.952 bits per heavy atom. The molecule has 1 aromatic rings. The molecule has 0 aromatic carbocycles. The Labute approximate surface area is 119 Å². The zero-order chi connectivity index (χ0) is 14.3. The van der Waals surface area contributed by atoms with E-state index in [4.69, 9.17) is 0 Å². The fourth-order valence-corrected chi connectivity index (χ4v) is 10.9. The van der Waals surface area contributed by atoms with E-state index in [1.54, 1.807) is 9.36 Å². The average molecular weight is 307 g/mol. The van der Waals surface area contributed by atoms with E-state index in [1.165, 1.54) is 11.6 Å². The molecule has 0 radical (unpaired) electrons. The summed E-state index contributed by atoms with van der Waals surface area (Å²) in [6, 6.07) is -0.0812. The van der Waals surface area contributed by atoms with Crippen molar-refractivity contribution in [3.8, 4) is 0 Å². The van der Waals surface area contributed by atoms with Crippen LogP contribution in [-0.2, 0) is 16.9 Å². The summed E-state index contributed by atoms with van der Waals surface area (Å²) >= 11 is 0. The predicted molar refractivity (Wildman–Crippen MR) is 69.5 cm³/mol. The summed E-state index contributed by atoms with van der Waals surface area (Å²) in [4.78, 5) is 24.8. The van der Waals surface area contributed by atoms with Crippen molar-refractivity contribution in [1.82, 2.24) is 13.9 Å². The Morgan fingerprint density at radius 2 is 1.38 bits per heavy atom. The molecule has 2 bridgehead atoms. The summed E-state index contributed by atoms with van der Waals surface area (Å²) < 4.78 is 29.1. The lowest BCUT2D eigenvalue weighted by Gasteiger charge is -2.99. The standard InChI is InChI=1S/C13H13N3O4S/c1-14-10(17)15-8-4-5-7-6(4)12(8)2-21(19,20)3-13(7,12)9(5)16(15)11(14)18/h4-9H,2-3H2,1H3/t4-,5-,6-,7+,8+,9+,12+,13-/m0/s1. The first-order valence-corrected chi connectivity index (χ1v) is 9.31. The van der Waals surface area contributed by atoms with Crippen molar-refractivity contribution >= 4 is 9.84 Å². The van der Waals surface area contributed by atoms with Crippen LogP contribution in [0, 0.1) is 34.5 Å².